The molecule has 4 aromatic rings. The molecule has 0 atom stereocenters. The number of benzene rings is 1. The molecular formula is C24H24F3N7OS. The number of piperidine rings is 1. The molecule has 12 heteroatoms. The highest BCUT2D eigenvalue weighted by Crippen LogP contribution is 2.33. The van der Waals surface area contributed by atoms with Gasteiger partial charge in [0, 0.05) is 47.6 Å². The summed E-state index contributed by atoms with van der Waals surface area (Å²) in [5.74, 6) is 0.722. The van der Waals surface area contributed by atoms with Gasteiger partial charge in [-0.15, -0.1) is 11.3 Å². The first-order valence-corrected chi connectivity index (χ1v) is 12.3. The largest absolute Gasteiger partial charge is 0.508 e. The number of hydrogen-bond acceptors (Lipinski definition) is 8. The number of aromatic nitrogens is 3. The fourth-order valence-electron chi connectivity index (χ4n) is 4.74. The predicted octanol–water partition coefficient (Wildman–Crippen LogP) is 4.32. The molecule has 0 bridgehead atoms. The van der Waals surface area contributed by atoms with E-state index in [9.17, 15) is 23.5 Å². The van der Waals surface area contributed by atoms with Crippen LogP contribution >= 0.6 is 11.3 Å². The van der Waals surface area contributed by atoms with Crippen LogP contribution in [0.4, 0.5) is 19.0 Å². The lowest BCUT2D eigenvalue weighted by Crippen LogP contribution is -2.38. The van der Waals surface area contributed by atoms with E-state index in [4.69, 9.17) is 5.73 Å². The zero-order valence-electron chi connectivity index (χ0n) is 19.2. The molecule has 4 N–H and O–H groups in total. The van der Waals surface area contributed by atoms with Crippen molar-refractivity contribution >= 4 is 38.3 Å². The molecule has 1 aliphatic rings. The number of phenols is 1. The summed E-state index contributed by atoms with van der Waals surface area (Å²) in [5, 5.41) is 24.8. The van der Waals surface area contributed by atoms with E-state index in [1.54, 1.807) is 16.7 Å². The van der Waals surface area contributed by atoms with Crippen molar-refractivity contribution in [3.8, 4) is 11.8 Å². The summed E-state index contributed by atoms with van der Waals surface area (Å²) in [7, 11) is 0. The number of halogens is 3. The lowest BCUT2D eigenvalue weighted by atomic mass is 10.0. The van der Waals surface area contributed by atoms with Crippen LogP contribution < -0.4 is 11.1 Å². The normalized spacial score (nSPS) is 15.5. The highest BCUT2D eigenvalue weighted by molar-refractivity contribution is 7.18. The summed E-state index contributed by atoms with van der Waals surface area (Å²) in [4.78, 5) is 11.4. The Morgan fingerprint density at radius 3 is 2.67 bits per heavy atom. The van der Waals surface area contributed by atoms with Crippen LogP contribution in [0.15, 0.2) is 30.6 Å². The average Bonchev–Trinajstić information content (AvgIpc) is 3.39. The highest BCUT2D eigenvalue weighted by Gasteiger charge is 2.29. The summed E-state index contributed by atoms with van der Waals surface area (Å²) >= 11 is 1.04. The monoisotopic (exact) mass is 515 g/mol. The molecule has 1 aliphatic heterocycles. The van der Waals surface area contributed by atoms with Gasteiger partial charge in [-0.2, -0.15) is 18.4 Å². The minimum absolute atomic E-state index is 0.123. The van der Waals surface area contributed by atoms with Crippen LogP contribution in [0.2, 0.25) is 0 Å². The number of hydrogen-bond donors (Lipinski definition) is 3. The number of nitrogens with zero attached hydrogens (tertiary/aromatic N) is 5. The molecule has 1 aromatic carbocycles. The van der Waals surface area contributed by atoms with Gasteiger partial charge in [0.05, 0.1) is 24.0 Å². The Kier molecular flexibility index (Phi) is 6.46. The lowest BCUT2D eigenvalue weighted by Gasteiger charge is -2.32. The first-order valence-electron chi connectivity index (χ1n) is 11.5. The van der Waals surface area contributed by atoms with Crippen molar-refractivity contribution in [1.29, 1.82) is 5.26 Å². The maximum absolute atomic E-state index is 12.8. The zero-order valence-corrected chi connectivity index (χ0v) is 20.0. The maximum atomic E-state index is 12.8. The number of likely N-dealkylation sites (tertiary alicyclic amines) is 1. The average molecular weight is 516 g/mol. The third-order valence-electron chi connectivity index (χ3n) is 6.48. The maximum Gasteiger partial charge on any atom is 0.393 e. The third-order valence-corrected chi connectivity index (χ3v) is 7.52. The Morgan fingerprint density at radius 2 is 1.97 bits per heavy atom. The summed E-state index contributed by atoms with van der Waals surface area (Å²) < 4.78 is 40.1. The second kappa shape index (κ2) is 9.57. The van der Waals surface area contributed by atoms with Crippen molar-refractivity contribution in [2.75, 3.05) is 18.4 Å². The van der Waals surface area contributed by atoms with E-state index in [0.717, 1.165) is 53.7 Å². The molecule has 4 heterocycles. The number of nitrogens with two attached hydrogens (primary N) is 1. The predicted molar refractivity (Wildman–Crippen MR) is 132 cm³/mol. The van der Waals surface area contributed by atoms with Crippen LogP contribution in [-0.2, 0) is 19.6 Å². The van der Waals surface area contributed by atoms with Crippen LogP contribution in [0.5, 0.6) is 5.75 Å². The van der Waals surface area contributed by atoms with Crippen molar-refractivity contribution in [2.45, 2.75) is 44.7 Å². The Hall–Kier alpha value is -3.40. The van der Waals surface area contributed by atoms with Gasteiger partial charge in [0.15, 0.2) is 0 Å². The Bertz CT molecular complexity index is 1450. The molecule has 0 aliphatic carbocycles. The molecule has 1 fully saturated rings. The number of thiophene rings is 1. The van der Waals surface area contributed by atoms with Gasteiger partial charge in [-0.25, -0.2) is 9.97 Å². The van der Waals surface area contributed by atoms with Gasteiger partial charge >= 0.3 is 6.18 Å². The summed E-state index contributed by atoms with van der Waals surface area (Å²) in [6.45, 7) is 2.27. The minimum atomic E-state index is -4.26. The first kappa shape index (κ1) is 24.3. The van der Waals surface area contributed by atoms with E-state index in [1.807, 2.05) is 6.07 Å². The number of fused-ring (bicyclic) bond motifs is 2. The van der Waals surface area contributed by atoms with Gasteiger partial charge in [-0.1, -0.05) is 0 Å². The third kappa shape index (κ3) is 4.95. The summed E-state index contributed by atoms with van der Waals surface area (Å²) in [6.07, 6.45) is -2.23. The van der Waals surface area contributed by atoms with Crippen LogP contribution in [0, 0.1) is 11.3 Å². The molecule has 8 nitrogen and oxygen atoms in total. The van der Waals surface area contributed by atoms with Gasteiger partial charge in [0.25, 0.3) is 0 Å². The number of aromatic hydroxyl groups is 1. The van der Waals surface area contributed by atoms with Crippen molar-refractivity contribution in [1.82, 2.24) is 19.4 Å². The molecule has 36 heavy (non-hydrogen) atoms. The van der Waals surface area contributed by atoms with Crippen LogP contribution in [0.3, 0.4) is 0 Å². The van der Waals surface area contributed by atoms with Gasteiger partial charge < -0.3 is 20.7 Å². The van der Waals surface area contributed by atoms with E-state index in [0.29, 0.717) is 28.3 Å². The quantitative estimate of drug-likeness (QED) is 0.350. The van der Waals surface area contributed by atoms with E-state index < -0.39 is 12.6 Å². The Morgan fingerprint density at radius 1 is 1.19 bits per heavy atom. The van der Waals surface area contributed by atoms with Crippen LogP contribution in [0.25, 0.3) is 21.1 Å². The first-order chi connectivity index (χ1) is 17.2. The van der Waals surface area contributed by atoms with Crippen LogP contribution in [-0.4, -0.2) is 49.8 Å². The van der Waals surface area contributed by atoms with E-state index in [1.165, 1.54) is 12.4 Å². The van der Waals surface area contributed by atoms with Crippen molar-refractivity contribution in [3.05, 3.63) is 46.7 Å². The molecule has 188 valence electrons. The molecule has 0 amide bonds. The molecule has 0 radical (unpaired) electrons. The second-order valence-electron chi connectivity index (χ2n) is 8.93. The summed E-state index contributed by atoms with van der Waals surface area (Å²) in [5.41, 5.74) is 7.71. The molecule has 0 spiro atoms. The number of phenolic OH excluding ortho intramolecular Hbond substituents is 1. The van der Waals surface area contributed by atoms with Gasteiger partial charge in [-0.05, 0) is 31.0 Å². The number of rotatable bonds is 6. The molecule has 0 saturated carbocycles. The van der Waals surface area contributed by atoms with Gasteiger partial charge in [0.2, 0.25) is 0 Å². The Balaban J connectivity index is 1.24. The summed E-state index contributed by atoms with van der Waals surface area (Å²) in [6, 6.07) is 9.10. The zero-order chi connectivity index (χ0) is 25.4. The smallest absolute Gasteiger partial charge is 0.393 e. The number of alkyl halides is 3. The van der Waals surface area contributed by atoms with E-state index >= 15 is 0 Å². The van der Waals surface area contributed by atoms with Crippen molar-refractivity contribution in [2.24, 2.45) is 5.73 Å². The second-order valence-corrected chi connectivity index (χ2v) is 10.0. The van der Waals surface area contributed by atoms with Gasteiger partial charge in [0.1, 0.15) is 34.5 Å². The van der Waals surface area contributed by atoms with Crippen molar-refractivity contribution < 1.29 is 18.3 Å². The number of nitriles is 1. The minimum Gasteiger partial charge on any atom is -0.508 e. The molecule has 5 rings (SSSR count). The van der Waals surface area contributed by atoms with Crippen LogP contribution in [0.1, 0.15) is 29.0 Å². The SMILES string of the molecule is N#Cc1cc2cc(CN3CCC(Nc4ncnc5sc(CC(F)(F)F)cc45)CC3)c(O)cc2n1CN. The topological polar surface area (TPSA) is 116 Å². The molecule has 0 unspecified atom stereocenters. The highest BCUT2D eigenvalue weighted by atomic mass is 32.1. The van der Waals surface area contributed by atoms with E-state index in [2.05, 4.69) is 26.3 Å². The molecule has 1 saturated heterocycles. The van der Waals surface area contributed by atoms with Gasteiger partial charge in [-0.3, -0.25) is 4.90 Å². The molecule has 3 aromatic heterocycles. The lowest BCUT2D eigenvalue weighted by molar-refractivity contribution is -0.126. The fourth-order valence-corrected chi connectivity index (χ4v) is 5.76. The van der Waals surface area contributed by atoms with Crippen molar-refractivity contribution in [3.63, 3.8) is 0 Å². The Labute approximate surface area is 208 Å². The fraction of sp³-hybridized carbons (Fsp3) is 0.375. The van der Waals surface area contributed by atoms with E-state index in [-0.39, 0.29) is 23.3 Å². The number of nitrogens with one attached hydrogen (secondary N) is 1. The number of anilines is 1. The molecular weight excluding hydrogens is 491 g/mol. The standard InChI is InChI=1S/C24H24F3N7OS/c25-24(26,27)9-18-7-19-22(30-13-31-23(19)36-18)32-16-1-3-33(4-2-16)11-15-5-14-6-17(10-28)34(12-29)20(14)8-21(15)35/h5-8,13,16,35H,1-4,9,11-12,29H2,(H,30,31,32).